The van der Waals surface area contributed by atoms with Crippen molar-refractivity contribution in [2.75, 3.05) is 20.4 Å². The van der Waals surface area contributed by atoms with Gasteiger partial charge < -0.3 is 24.6 Å². The van der Waals surface area contributed by atoms with E-state index in [0.717, 1.165) is 5.56 Å². The van der Waals surface area contributed by atoms with Gasteiger partial charge in [-0.15, -0.1) is 0 Å². The summed E-state index contributed by atoms with van der Waals surface area (Å²) in [6.45, 7) is 0.563. The van der Waals surface area contributed by atoms with Gasteiger partial charge in [0.05, 0.1) is 13.2 Å². The molecule has 0 spiro atoms. The van der Waals surface area contributed by atoms with Crippen LogP contribution in [0.2, 0.25) is 0 Å². The Morgan fingerprint density at radius 2 is 1.96 bits per heavy atom. The Morgan fingerprint density at radius 1 is 1.21 bits per heavy atom. The van der Waals surface area contributed by atoms with E-state index in [1.165, 1.54) is 0 Å². The number of benzene rings is 2. The maximum absolute atomic E-state index is 12.0. The van der Waals surface area contributed by atoms with Gasteiger partial charge in [-0.1, -0.05) is 6.07 Å². The largest absolute Gasteiger partial charge is 0.497 e. The van der Waals surface area contributed by atoms with Crippen molar-refractivity contribution in [3.8, 4) is 17.2 Å². The zero-order valence-corrected chi connectivity index (χ0v) is 13.3. The van der Waals surface area contributed by atoms with E-state index in [0.29, 0.717) is 35.8 Å². The molecule has 2 N–H and O–H groups in total. The Hall–Kier alpha value is -2.73. The van der Waals surface area contributed by atoms with Crippen molar-refractivity contribution >= 4 is 5.91 Å². The lowest BCUT2D eigenvalue weighted by Gasteiger charge is -2.12. The van der Waals surface area contributed by atoms with E-state index in [1.807, 2.05) is 0 Å². The molecule has 126 valence electrons. The maximum Gasteiger partial charge on any atom is 0.251 e. The topological polar surface area (TPSA) is 77.0 Å². The summed E-state index contributed by atoms with van der Waals surface area (Å²) in [5, 5.41) is 13.0. The third-order valence-corrected chi connectivity index (χ3v) is 3.84. The van der Waals surface area contributed by atoms with Crippen molar-refractivity contribution < 1.29 is 24.1 Å². The number of carbonyl (C=O) groups is 1. The van der Waals surface area contributed by atoms with Crippen molar-refractivity contribution in [2.45, 2.75) is 12.5 Å². The van der Waals surface area contributed by atoms with E-state index in [4.69, 9.17) is 14.2 Å². The van der Waals surface area contributed by atoms with Crippen molar-refractivity contribution in [3.05, 3.63) is 53.6 Å². The first-order chi connectivity index (χ1) is 11.7. The summed E-state index contributed by atoms with van der Waals surface area (Å²) in [7, 11) is 1.58. The molecule has 1 aliphatic rings. The number of rotatable bonds is 6. The highest BCUT2D eigenvalue weighted by atomic mass is 16.7. The SMILES string of the molecule is COc1ccc(C(=O)NCCC(O)c2ccc3c(c2)OCO3)cc1. The van der Waals surface area contributed by atoms with Gasteiger partial charge in [-0.25, -0.2) is 0 Å². The Kier molecular flexibility index (Phi) is 4.86. The summed E-state index contributed by atoms with van der Waals surface area (Å²) < 4.78 is 15.6. The van der Waals surface area contributed by atoms with Crippen LogP contribution in [0.1, 0.15) is 28.4 Å². The second-order valence-corrected chi connectivity index (χ2v) is 5.40. The van der Waals surface area contributed by atoms with Crippen LogP contribution in [0, 0.1) is 0 Å². The van der Waals surface area contributed by atoms with Crippen LogP contribution in [0.3, 0.4) is 0 Å². The molecule has 1 atom stereocenters. The van der Waals surface area contributed by atoms with Gasteiger partial charge in [0, 0.05) is 12.1 Å². The molecule has 0 radical (unpaired) electrons. The standard InChI is InChI=1S/C18H19NO5/c1-22-14-5-2-12(3-6-14)18(21)19-9-8-15(20)13-4-7-16-17(10-13)24-11-23-16/h2-7,10,15,20H,8-9,11H2,1H3,(H,19,21). The molecule has 0 saturated carbocycles. The number of carbonyl (C=O) groups excluding carboxylic acids is 1. The molecule has 0 bridgehead atoms. The lowest BCUT2D eigenvalue weighted by Crippen LogP contribution is -2.25. The van der Waals surface area contributed by atoms with E-state index in [-0.39, 0.29) is 12.7 Å². The number of aliphatic hydroxyl groups is 1. The number of hydrogen-bond acceptors (Lipinski definition) is 5. The van der Waals surface area contributed by atoms with Crippen molar-refractivity contribution in [1.29, 1.82) is 0 Å². The molecule has 2 aromatic carbocycles. The number of fused-ring (bicyclic) bond motifs is 1. The van der Waals surface area contributed by atoms with Crippen LogP contribution in [-0.4, -0.2) is 31.5 Å². The van der Waals surface area contributed by atoms with Gasteiger partial charge in [0.1, 0.15) is 5.75 Å². The zero-order valence-electron chi connectivity index (χ0n) is 13.3. The summed E-state index contributed by atoms with van der Waals surface area (Å²) in [5.74, 6) is 1.83. The number of hydrogen-bond donors (Lipinski definition) is 2. The lowest BCUT2D eigenvalue weighted by atomic mass is 10.1. The van der Waals surface area contributed by atoms with E-state index < -0.39 is 6.10 Å². The Labute approximate surface area is 140 Å². The molecule has 3 rings (SSSR count). The first-order valence-corrected chi connectivity index (χ1v) is 7.67. The van der Waals surface area contributed by atoms with E-state index in [2.05, 4.69) is 5.32 Å². The lowest BCUT2D eigenvalue weighted by molar-refractivity contribution is 0.0942. The second-order valence-electron chi connectivity index (χ2n) is 5.40. The van der Waals surface area contributed by atoms with Crippen LogP contribution in [0.4, 0.5) is 0 Å². The molecule has 1 heterocycles. The number of nitrogens with one attached hydrogen (secondary N) is 1. The highest BCUT2D eigenvalue weighted by Gasteiger charge is 2.16. The molecule has 0 aromatic heterocycles. The summed E-state index contributed by atoms with van der Waals surface area (Å²) in [5.41, 5.74) is 1.28. The zero-order chi connectivity index (χ0) is 16.9. The van der Waals surface area contributed by atoms with Gasteiger partial charge in [-0.2, -0.15) is 0 Å². The molecule has 2 aromatic rings. The van der Waals surface area contributed by atoms with Crippen molar-refractivity contribution in [3.63, 3.8) is 0 Å². The fourth-order valence-corrected chi connectivity index (χ4v) is 2.45. The Morgan fingerprint density at radius 3 is 2.71 bits per heavy atom. The number of ether oxygens (including phenoxy) is 3. The summed E-state index contributed by atoms with van der Waals surface area (Å²) in [4.78, 5) is 12.0. The normalized spacial score (nSPS) is 13.4. The van der Waals surface area contributed by atoms with Crippen LogP contribution in [0.15, 0.2) is 42.5 Å². The van der Waals surface area contributed by atoms with Crippen molar-refractivity contribution in [1.82, 2.24) is 5.32 Å². The molecular formula is C18H19NO5. The highest BCUT2D eigenvalue weighted by molar-refractivity contribution is 5.94. The number of methoxy groups -OCH3 is 1. The quantitative estimate of drug-likeness (QED) is 0.850. The van der Waals surface area contributed by atoms with Crippen LogP contribution in [0.25, 0.3) is 0 Å². The molecule has 24 heavy (non-hydrogen) atoms. The fraction of sp³-hybridized carbons (Fsp3) is 0.278. The summed E-state index contributed by atoms with van der Waals surface area (Å²) in [6.07, 6.45) is -0.280. The predicted molar refractivity (Wildman–Crippen MR) is 87.5 cm³/mol. The molecular weight excluding hydrogens is 310 g/mol. The Bertz CT molecular complexity index is 714. The second kappa shape index (κ2) is 7.23. The molecule has 0 aliphatic carbocycles. The summed E-state index contributed by atoms with van der Waals surface area (Å²) >= 11 is 0. The monoisotopic (exact) mass is 329 g/mol. The fourth-order valence-electron chi connectivity index (χ4n) is 2.45. The van der Waals surface area contributed by atoms with E-state index in [1.54, 1.807) is 49.6 Å². The third kappa shape index (κ3) is 3.60. The smallest absolute Gasteiger partial charge is 0.251 e. The molecule has 6 nitrogen and oxygen atoms in total. The van der Waals surface area contributed by atoms with E-state index >= 15 is 0 Å². The average molecular weight is 329 g/mol. The predicted octanol–water partition coefficient (Wildman–Crippen LogP) is 2.28. The van der Waals surface area contributed by atoms with Crippen LogP contribution < -0.4 is 19.5 Å². The van der Waals surface area contributed by atoms with Gasteiger partial charge in [0.15, 0.2) is 11.5 Å². The van der Waals surface area contributed by atoms with Crippen LogP contribution in [0.5, 0.6) is 17.2 Å². The molecule has 0 fully saturated rings. The molecule has 6 heteroatoms. The van der Waals surface area contributed by atoms with E-state index in [9.17, 15) is 9.90 Å². The molecule has 0 saturated heterocycles. The third-order valence-electron chi connectivity index (χ3n) is 3.84. The number of amides is 1. The van der Waals surface area contributed by atoms with Gasteiger partial charge in [0.2, 0.25) is 6.79 Å². The van der Waals surface area contributed by atoms with Gasteiger partial charge in [0.25, 0.3) is 5.91 Å². The minimum Gasteiger partial charge on any atom is -0.497 e. The first-order valence-electron chi connectivity index (χ1n) is 7.67. The minimum atomic E-state index is -0.685. The van der Waals surface area contributed by atoms with Crippen LogP contribution in [-0.2, 0) is 0 Å². The average Bonchev–Trinajstić information content (AvgIpc) is 3.09. The minimum absolute atomic E-state index is 0.185. The molecule has 1 unspecified atom stereocenters. The van der Waals surface area contributed by atoms with Crippen molar-refractivity contribution in [2.24, 2.45) is 0 Å². The summed E-state index contributed by atoms with van der Waals surface area (Å²) in [6, 6.07) is 12.2. The molecule has 1 amide bonds. The Balaban J connectivity index is 1.51. The van der Waals surface area contributed by atoms with Crippen LogP contribution >= 0.6 is 0 Å². The maximum atomic E-state index is 12.0. The van der Waals surface area contributed by atoms with Gasteiger partial charge in [-0.05, 0) is 48.4 Å². The number of aliphatic hydroxyl groups excluding tert-OH is 1. The van der Waals surface area contributed by atoms with Gasteiger partial charge >= 0.3 is 0 Å². The van der Waals surface area contributed by atoms with Gasteiger partial charge in [-0.3, -0.25) is 4.79 Å². The highest BCUT2D eigenvalue weighted by Crippen LogP contribution is 2.34. The molecule has 1 aliphatic heterocycles. The first kappa shape index (κ1) is 16.1.